The first kappa shape index (κ1) is 11.2. The van der Waals surface area contributed by atoms with E-state index in [0.29, 0.717) is 0 Å². The number of aromatic nitrogens is 2. The van der Waals surface area contributed by atoms with E-state index in [0.717, 1.165) is 12.2 Å². The van der Waals surface area contributed by atoms with Crippen LogP contribution in [0.2, 0.25) is 0 Å². The second-order valence-electron chi connectivity index (χ2n) is 4.17. The van der Waals surface area contributed by atoms with E-state index >= 15 is 0 Å². The molecule has 0 bridgehead atoms. The van der Waals surface area contributed by atoms with Gasteiger partial charge in [-0.15, -0.1) is 0 Å². The topological polar surface area (TPSA) is 53.1 Å². The zero-order valence-corrected chi connectivity index (χ0v) is 9.32. The molecule has 14 heavy (non-hydrogen) atoms. The molecule has 1 rings (SSSR count). The first-order valence-corrected chi connectivity index (χ1v) is 4.74. The van der Waals surface area contributed by atoms with E-state index in [1.165, 1.54) is 0 Å². The molecule has 0 aliphatic carbocycles. The fourth-order valence-electron chi connectivity index (χ4n) is 1.44. The van der Waals surface area contributed by atoms with Crippen molar-refractivity contribution in [1.29, 1.82) is 0 Å². The van der Waals surface area contributed by atoms with Crippen LogP contribution < -0.4 is 5.73 Å². The van der Waals surface area contributed by atoms with E-state index in [1.54, 1.807) is 13.3 Å². The molecular weight excluding hydrogens is 178 g/mol. The molecule has 1 unspecified atom stereocenters. The average Bonchev–Trinajstić information content (AvgIpc) is 2.51. The molecule has 0 aliphatic rings. The highest BCUT2D eigenvalue weighted by atomic mass is 16.5. The van der Waals surface area contributed by atoms with Crippen molar-refractivity contribution in [2.24, 2.45) is 12.8 Å². The zero-order chi connectivity index (χ0) is 10.8. The number of aryl methyl sites for hydroxylation is 1. The predicted octanol–water partition coefficient (Wildman–Crippen LogP) is 1.24. The van der Waals surface area contributed by atoms with E-state index in [9.17, 15) is 0 Å². The summed E-state index contributed by atoms with van der Waals surface area (Å²) in [5, 5.41) is 0. The Labute approximate surface area is 85.1 Å². The number of rotatable bonds is 4. The lowest BCUT2D eigenvalue weighted by atomic mass is 9.99. The number of hydrogen-bond donors (Lipinski definition) is 1. The maximum absolute atomic E-state index is 6.04. The van der Waals surface area contributed by atoms with Gasteiger partial charge in [0.25, 0.3) is 0 Å². The summed E-state index contributed by atoms with van der Waals surface area (Å²) in [5.74, 6) is 0.898. The van der Waals surface area contributed by atoms with Crippen molar-refractivity contribution in [3.63, 3.8) is 0 Å². The summed E-state index contributed by atoms with van der Waals surface area (Å²) in [7, 11) is 3.65. The number of imidazole rings is 1. The maximum atomic E-state index is 6.04. The van der Waals surface area contributed by atoms with Crippen molar-refractivity contribution in [3.05, 3.63) is 18.2 Å². The first-order valence-electron chi connectivity index (χ1n) is 4.74. The summed E-state index contributed by atoms with van der Waals surface area (Å²) in [6.07, 6.45) is 4.42. The molecule has 0 aromatic carbocycles. The number of methoxy groups -OCH3 is 1. The molecule has 80 valence electrons. The molecule has 4 heteroatoms. The van der Waals surface area contributed by atoms with Gasteiger partial charge in [0.1, 0.15) is 5.82 Å². The number of nitrogens with zero attached hydrogens (tertiary/aromatic N) is 2. The third kappa shape index (κ3) is 2.56. The Morgan fingerprint density at radius 2 is 2.29 bits per heavy atom. The summed E-state index contributed by atoms with van der Waals surface area (Å²) in [6.45, 7) is 4.05. The van der Waals surface area contributed by atoms with Crippen LogP contribution in [0.4, 0.5) is 0 Å². The van der Waals surface area contributed by atoms with Gasteiger partial charge >= 0.3 is 0 Å². The lowest BCUT2D eigenvalue weighted by Crippen LogP contribution is -2.30. The highest BCUT2D eigenvalue weighted by Crippen LogP contribution is 2.22. The van der Waals surface area contributed by atoms with Crippen LogP contribution in [0.1, 0.15) is 32.1 Å². The molecule has 4 nitrogen and oxygen atoms in total. The summed E-state index contributed by atoms with van der Waals surface area (Å²) in [5.41, 5.74) is 5.84. The maximum Gasteiger partial charge on any atom is 0.125 e. The quantitative estimate of drug-likeness (QED) is 0.790. The fraction of sp³-hybridized carbons (Fsp3) is 0.700. The fourth-order valence-corrected chi connectivity index (χ4v) is 1.44. The lowest BCUT2D eigenvalue weighted by Gasteiger charge is -2.26. The van der Waals surface area contributed by atoms with Crippen LogP contribution in [0.15, 0.2) is 12.4 Å². The van der Waals surface area contributed by atoms with Crippen LogP contribution >= 0.6 is 0 Å². The molecule has 0 saturated carbocycles. The molecule has 1 aromatic rings. The van der Waals surface area contributed by atoms with Gasteiger partial charge in [-0.1, -0.05) is 0 Å². The van der Waals surface area contributed by atoms with Gasteiger partial charge in [-0.2, -0.15) is 0 Å². The van der Waals surface area contributed by atoms with Crippen molar-refractivity contribution in [2.45, 2.75) is 31.9 Å². The van der Waals surface area contributed by atoms with Crippen LogP contribution in [0.5, 0.6) is 0 Å². The average molecular weight is 197 g/mol. The monoisotopic (exact) mass is 197 g/mol. The number of nitrogens with two attached hydrogens (primary N) is 1. The molecule has 0 aliphatic heterocycles. The zero-order valence-electron chi connectivity index (χ0n) is 9.32. The van der Waals surface area contributed by atoms with Gasteiger partial charge in [-0.05, 0) is 20.3 Å². The molecule has 2 N–H and O–H groups in total. The SMILES string of the molecule is COC(C)(C)CC(N)c1nccn1C. The highest BCUT2D eigenvalue weighted by Gasteiger charge is 2.23. The van der Waals surface area contributed by atoms with Gasteiger partial charge in [0, 0.05) is 26.6 Å². The minimum atomic E-state index is -0.203. The Hall–Kier alpha value is -0.870. The molecule has 0 spiro atoms. The summed E-state index contributed by atoms with van der Waals surface area (Å²) >= 11 is 0. The molecule has 1 aromatic heterocycles. The van der Waals surface area contributed by atoms with Gasteiger partial charge < -0.3 is 15.0 Å². The summed E-state index contributed by atoms with van der Waals surface area (Å²) < 4.78 is 7.27. The number of ether oxygens (including phenoxy) is 1. The van der Waals surface area contributed by atoms with Gasteiger partial charge in [0.2, 0.25) is 0 Å². The highest BCUT2D eigenvalue weighted by molar-refractivity contribution is 4.99. The summed E-state index contributed by atoms with van der Waals surface area (Å²) in [6, 6.07) is -0.0788. The Balaban J connectivity index is 2.68. The van der Waals surface area contributed by atoms with Gasteiger partial charge in [0.05, 0.1) is 11.6 Å². The first-order chi connectivity index (χ1) is 6.46. The Kier molecular flexibility index (Phi) is 3.29. The van der Waals surface area contributed by atoms with Crippen LogP contribution in [0.25, 0.3) is 0 Å². The smallest absolute Gasteiger partial charge is 0.125 e. The van der Waals surface area contributed by atoms with Crippen LogP contribution in [-0.4, -0.2) is 22.3 Å². The van der Waals surface area contributed by atoms with Gasteiger partial charge in [-0.25, -0.2) is 4.98 Å². The standard InChI is InChI=1S/C10H19N3O/c1-10(2,14-4)7-8(11)9-12-5-6-13(9)3/h5-6,8H,7,11H2,1-4H3. The minimum Gasteiger partial charge on any atom is -0.379 e. The predicted molar refractivity (Wildman–Crippen MR) is 55.8 cm³/mol. The third-order valence-electron chi connectivity index (χ3n) is 2.45. The van der Waals surface area contributed by atoms with E-state index in [4.69, 9.17) is 10.5 Å². The van der Waals surface area contributed by atoms with Crippen molar-refractivity contribution in [3.8, 4) is 0 Å². The lowest BCUT2D eigenvalue weighted by molar-refractivity contribution is 0.00917. The second kappa shape index (κ2) is 4.11. The van der Waals surface area contributed by atoms with E-state index < -0.39 is 0 Å². The van der Waals surface area contributed by atoms with E-state index in [2.05, 4.69) is 4.98 Å². The van der Waals surface area contributed by atoms with Gasteiger partial charge in [0.15, 0.2) is 0 Å². The van der Waals surface area contributed by atoms with Crippen LogP contribution in [0.3, 0.4) is 0 Å². The molecule has 0 fully saturated rings. The molecule has 1 atom stereocenters. The Morgan fingerprint density at radius 3 is 2.71 bits per heavy atom. The van der Waals surface area contributed by atoms with E-state index in [1.807, 2.05) is 31.7 Å². The molecule has 0 amide bonds. The molecule has 1 heterocycles. The third-order valence-corrected chi connectivity index (χ3v) is 2.45. The Bertz CT molecular complexity index is 293. The van der Waals surface area contributed by atoms with Crippen LogP contribution in [-0.2, 0) is 11.8 Å². The van der Waals surface area contributed by atoms with Crippen molar-refractivity contribution >= 4 is 0 Å². The molecule has 0 saturated heterocycles. The largest absolute Gasteiger partial charge is 0.379 e. The van der Waals surface area contributed by atoms with Crippen LogP contribution in [0, 0.1) is 0 Å². The molecular formula is C10H19N3O. The Morgan fingerprint density at radius 1 is 1.64 bits per heavy atom. The molecule has 0 radical (unpaired) electrons. The van der Waals surface area contributed by atoms with Gasteiger partial charge in [-0.3, -0.25) is 0 Å². The second-order valence-corrected chi connectivity index (χ2v) is 4.17. The van der Waals surface area contributed by atoms with Crippen molar-refractivity contribution < 1.29 is 4.74 Å². The van der Waals surface area contributed by atoms with Crippen molar-refractivity contribution in [1.82, 2.24) is 9.55 Å². The van der Waals surface area contributed by atoms with Crippen molar-refractivity contribution in [2.75, 3.05) is 7.11 Å². The number of hydrogen-bond acceptors (Lipinski definition) is 3. The minimum absolute atomic E-state index is 0.0788. The summed E-state index contributed by atoms with van der Waals surface area (Å²) in [4.78, 5) is 4.22. The van der Waals surface area contributed by atoms with E-state index in [-0.39, 0.29) is 11.6 Å². The normalized spacial score (nSPS) is 14.4.